The molecule has 7 nitrogen and oxygen atoms in total. The molecule has 7 heteroatoms. The Labute approximate surface area is 65.2 Å². The first kappa shape index (κ1) is 6.77. The van der Waals surface area contributed by atoms with Crippen molar-refractivity contribution >= 4 is 5.88 Å². The van der Waals surface area contributed by atoms with Gasteiger partial charge in [0, 0.05) is 0 Å². The van der Waals surface area contributed by atoms with Crippen molar-refractivity contribution in [3.63, 3.8) is 0 Å². The number of aromatic amines is 2. The molecule has 1 aromatic rings. The molecule has 0 spiro atoms. The van der Waals surface area contributed by atoms with Crippen LogP contribution in [-0.4, -0.2) is 21.6 Å². The van der Waals surface area contributed by atoms with E-state index in [9.17, 15) is 9.59 Å². The van der Waals surface area contributed by atoms with Gasteiger partial charge in [-0.05, 0) is 0 Å². The van der Waals surface area contributed by atoms with Crippen molar-refractivity contribution in [2.75, 3.05) is 6.79 Å². The molecule has 0 radical (unpaired) electrons. The second kappa shape index (κ2) is 2.29. The molecule has 12 heavy (non-hydrogen) atoms. The van der Waals surface area contributed by atoms with Crippen molar-refractivity contribution in [2.45, 2.75) is 0 Å². The number of ether oxygens (including phenoxy) is 2. The summed E-state index contributed by atoms with van der Waals surface area (Å²) in [5.41, 5.74) is -1.17. The van der Waals surface area contributed by atoms with E-state index in [1.165, 1.54) is 6.26 Å². The number of aromatic nitrogens is 3. The number of nitrogens with zero attached hydrogens (tertiary/aromatic N) is 1. The van der Waals surface area contributed by atoms with Gasteiger partial charge in [-0.2, -0.15) is 4.68 Å². The molecule has 0 fully saturated rings. The Bertz CT molecular complexity index is 422. The largest absolute Gasteiger partial charge is 0.459 e. The third kappa shape index (κ3) is 0.911. The minimum absolute atomic E-state index is 0.0506. The van der Waals surface area contributed by atoms with Crippen LogP contribution in [0.1, 0.15) is 0 Å². The fourth-order valence-electron chi connectivity index (χ4n) is 0.839. The molecule has 1 aliphatic heterocycles. The predicted octanol–water partition coefficient (Wildman–Crippen LogP) is -1.38. The van der Waals surface area contributed by atoms with Gasteiger partial charge in [-0.15, -0.1) is 0 Å². The van der Waals surface area contributed by atoms with Gasteiger partial charge in [-0.25, -0.2) is 14.7 Å². The SMILES string of the molecule is O=c1[nH]c(=O)n(C2=COCO2)[nH]1. The average molecular weight is 171 g/mol. The highest BCUT2D eigenvalue weighted by Gasteiger charge is 2.11. The van der Waals surface area contributed by atoms with Crippen molar-refractivity contribution in [3.05, 3.63) is 27.2 Å². The third-order valence-electron chi connectivity index (χ3n) is 1.32. The lowest BCUT2D eigenvalue weighted by atomic mass is 10.8. The van der Waals surface area contributed by atoms with E-state index in [0.29, 0.717) is 0 Å². The van der Waals surface area contributed by atoms with Crippen LogP contribution in [0.2, 0.25) is 0 Å². The lowest BCUT2D eigenvalue weighted by Crippen LogP contribution is -2.17. The van der Waals surface area contributed by atoms with E-state index in [2.05, 4.69) is 5.10 Å². The van der Waals surface area contributed by atoms with Gasteiger partial charge in [0.1, 0.15) is 6.26 Å². The van der Waals surface area contributed by atoms with Crippen molar-refractivity contribution in [2.24, 2.45) is 0 Å². The smallest absolute Gasteiger partial charge is 0.351 e. The Balaban J connectivity index is 2.52. The van der Waals surface area contributed by atoms with Crippen LogP contribution in [0.3, 0.4) is 0 Å². The van der Waals surface area contributed by atoms with Gasteiger partial charge in [0.2, 0.25) is 6.79 Å². The van der Waals surface area contributed by atoms with Crippen LogP contribution >= 0.6 is 0 Å². The van der Waals surface area contributed by atoms with Gasteiger partial charge in [-0.3, -0.25) is 4.98 Å². The normalized spacial score (nSPS) is 15.2. The second-order valence-corrected chi connectivity index (χ2v) is 2.09. The Hall–Kier alpha value is -1.92. The maximum absolute atomic E-state index is 10.9. The molecule has 0 saturated heterocycles. The van der Waals surface area contributed by atoms with E-state index in [4.69, 9.17) is 9.47 Å². The lowest BCUT2D eigenvalue weighted by Gasteiger charge is -1.96. The van der Waals surface area contributed by atoms with Gasteiger partial charge in [-0.1, -0.05) is 0 Å². The summed E-state index contributed by atoms with van der Waals surface area (Å²) < 4.78 is 10.5. The number of hydrogen-bond acceptors (Lipinski definition) is 4. The standard InChI is InChI=1S/C5H5N3O4/c9-4-6-5(10)8(7-4)3-1-11-2-12-3/h1H,2H2,(H2,6,7,9,10). The minimum Gasteiger partial charge on any atom is -0.459 e. The zero-order valence-electron chi connectivity index (χ0n) is 5.86. The Morgan fingerprint density at radius 1 is 1.50 bits per heavy atom. The molecular formula is C5H5N3O4. The summed E-state index contributed by atoms with van der Waals surface area (Å²) in [6, 6.07) is 0. The van der Waals surface area contributed by atoms with E-state index in [0.717, 1.165) is 4.68 Å². The summed E-state index contributed by atoms with van der Waals surface area (Å²) in [7, 11) is 0. The summed E-state index contributed by atoms with van der Waals surface area (Å²) >= 11 is 0. The number of H-pyrrole nitrogens is 2. The van der Waals surface area contributed by atoms with Crippen LogP contribution in [0.5, 0.6) is 0 Å². The molecule has 1 aliphatic rings. The zero-order chi connectivity index (χ0) is 8.55. The summed E-state index contributed by atoms with van der Waals surface area (Å²) in [6.45, 7) is 0.0506. The zero-order valence-corrected chi connectivity index (χ0v) is 5.86. The predicted molar refractivity (Wildman–Crippen MR) is 37.0 cm³/mol. The van der Waals surface area contributed by atoms with E-state index in [1.54, 1.807) is 0 Å². The summed E-state index contributed by atoms with van der Waals surface area (Å²) in [5, 5.41) is 2.21. The van der Waals surface area contributed by atoms with Crippen LogP contribution in [-0.2, 0) is 9.47 Å². The minimum atomic E-state index is -0.587. The molecule has 0 saturated carbocycles. The lowest BCUT2D eigenvalue weighted by molar-refractivity contribution is 0.0948. The molecule has 0 aromatic carbocycles. The van der Waals surface area contributed by atoms with Gasteiger partial charge in [0.25, 0.3) is 5.88 Å². The van der Waals surface area contributed by atoms with Gasteiger partial charge in [0.05, 0.1) is 0 Å². The fraction of sp³-hybridized carbons (Fsp3) is 0.200. The third-order valence-corrected chi connectivity index (χ3v) is 1.32. The Morgan fingerprint density at radius 3 is 2.83 bits per heavy atom. The topological polar surface area (TPSA) is 89.1 Å². The first-order valence-electron chi connectivity index (χ1n) is 3.13. The molecule has 0 amide bonds. The monoisotopic (exact) mass is 171 g/mol. The van der Waals surface area contributed by atoms with Crippen molar-refractivity contribution < 1.29 is 9.47 Å². The Morgan fingerprint density at radius 2 is 2.33 bits per heavy atom. The first-order chi connectivity index (χ1) is 5.77. The molecule has 0 aliphatic carbocycles. The summed E-state index contributed by atoms with van der Waals surface area (Å²) in [5.74, 6) is 0.165. The number of nitrogens with one attached hydrogen (secondary N) is 2. The molecule has 0 unspecified atom stereocenters. The maximum atomic E-state index is 10.9. The molecule has 0 atom stereocenters. The Kier molecular flexibility index (Phi) is 1.29. The molecule has 0 bridgehead atoms. The van der Waals surface area contributed by atoms with E-state index >= 15 is 0 Å². The molecule has 2 rings (SSSR count). The van der Waals surface area contributed by atoms with Crippen molar-refractivity contribution in [1.29, 1.82) is 0 Å². The molecule has 64 valence electrons. The van der Waals surface area contributed by atoms with E-state index in [1.807, 2.05) is 4.98 Å². The quantitative estimate of drug-likeness (QED) is 0.545. The molecule has 2 heterocycles. The average Bonchev–Trinajstić information content (AvgIpc) is 2.58. The second-order valence-electron chi connectivity index (χ2n) is 2.09. The van der Waals surface area contributed by atoms with Crippen molar-refractivity contribution in [1.82, 2.24) is 14.8 Å². The van der Waals surface area contributed by atoms with E-state index in [-0.39, 0.29) is 12.7 Å². The van der Waals surface area contributed by atoms with Crippen LogP contribution < -0.4 is 11.4 Å². The highest BCUT2D eigenvalue weighted by molar-refractivity contribution is 5.33. The first-order valence-corrected chi connectivity index (χ1v) is 3.13. The van der Waals surface area contributed by atoms with Crippen molar-refractivity contribution in [3.8, 4) is 0 Å². The maximum Gasteiger partial charge on any atom is 0.351 e. The summed E-state index contributed by atoms with van der Waals surface area (Å²) in [4.78, 5) is 23.5. The highest BCUT2D eigenvalue weighted by atomic mass is 16.7. The fourth-order valence-corrected chi connectivity index (χ4v) is 0.839. The molecule has 1 aromatic heterocycles. The van der Waals surface area contributed by atoms with Gasteiger partial charge >= 0.3 is 11.4 Å². The van der Waals surface area contributed by atoms with Crippen LogP contribution in [0.25, 0.3) is 5.88 Å². The molecule has 2 N–H and O–H groups in total. The summed E-state index contributed by atoms with van der Waals surface area (Å²) in [6.07, 6.45) is 1.24. The van der Waals surface area contributed by atoms with E-state index < -0.39 is 11.4 Å². The van der Waals surface area contributed by atoms with Crippen LogP contribution in [0, 0.1) is 0 Å². The van der Waals surface area contributed by atoms with Crippen LogP contribution in [0.4, 0.5) is 0 Å². The number of rotatable bonds is 1. The van der Waals surface area contributed by atoms with Gasteiger partial charge in [0.15, 0.2) is 0 Å². The number of hydrogen-bond donors (Lipinski definition) is 2. The highest BCUT2D eigenvalue weighted by Crippen LogP contribution is 2.07. The van der Waals surface area contributed by atoms with Gasteiger partial charge < -0.3 is 9.47 Å². The molecular weight excluding hydrogens is 166 g/mol. The van der Waals surface area contributed by atoms with Crippen LogP contribution in [0.15, 0.2) is 15.9 Å².